The van der Waals surface area contributed by atoms with E-state index in [0.717, 1.165) is 0 Å². The summed E-state index contributed by atoms with van der Waals surface area (Å²) in [6.45, 7) is 12.2. The molecule has 0 atom stereocenters. The molecule has 0 bridgehead atoms. The van der Waals surface area contributed by atoms with Crippen LogP contribution in [0.5, 0.6) is 0 Å². The molecule has 0 radical (unpaired) electrons. The Labute approximate surface area is 127 Å². The normalized spacial score (nSPS) is 12.3. The van der Waals surface area contributed by atoms with E-state index >= 15 is 0 Å². The first-order valence-electron chi connectivity index (χ1n) is 7.25. The topological polar surface area (TPSA) is 71.1 Å². The van der Waals surface area contributed by atoms with E-state index in [1.165, 1.54) is 6.92 Å². The fourth-order valence-electron chi connectivity index (χ4n) is 1.57. The number of hydrogen-bond donors (Lipinski definition) is 0. The van der Waals surface area contributed by atoms with Gasteiger partial charge in [0.05, 0.1) is 18.3 Å². The number of ether oxygens (including phenoxy) is 4. The SMILES string of the molecule is CC(=O)CC(=O)OC(COC(C)C)(OC(C)C)OC(C)C. The van der Waals surface area contributed by atoms with Crippen LogP contribution in [-0.2, 0) is 28.5 Å². The van der Waals surface area contributed by atoms with Gasteiger partial charge in [-0.2, -0.15) is 0 Å². The number of rotatable bonds is 10. The fraction of sp³-hybridized carbons (Fsp3) is 0.867. The molecule has 6 nitrogen and oxygen atoms in total. The highest BCUT2D eigenvalue weighted by Crippen LogP contribution is 2.22. The van der Waals surface area contributed by atoms with Crippen molar-refractivity contribution in [3.8, 4) is 0 Å². The highest BCUT2D eigenvalue weighted by atomic mass is 16.9. The van der Waals surface area contributed by atoms with Gasteiger partial charge in [0.15, 0.2) is 0 Å². The minimum Gasteiger partial charge on any atom is -0.405 e. The van der Waals surface area contributed by atoms with Crippen LogP contribution in [0.4, 0.5) is 0 Å². The van der Waals surface area contributed by atoms with Gasteiger partial charge in [-0.15, -0.1) is 0 Å². The lowest BCUT2D eigenvalue weighted by Gasteiger charge is -2.35. The second-order valence-electron chi connectivity index (χ2n) is 5.73. The summed E-state index contributed by atoms with van der Waals surface area (Å²) in [5.74, 6) is -2.62. The molecule has 0 aromatic rings. The van der Waals surface area contributed by atoms with Crippen molar-refractivity contribution in [3.05, 3.63) is 0 Å². The van der Waals surface area contributed by atoms with E-state index in [-0.39, 0.29) is 37.1 Å². The first-order valence-corrected chi connectivity index (χ1v) is 7.25. The minimum atomic E-state index is -1.64. The maximum absolute atomic E-state index is 11.8. The van der Waals surface area contributed by atoms with E-state index < -0.39 is 11.9 Å². The van der Waals surface area contributed by atoms with Crippen LogP contribution in [0.15, 0.2) is 0 Å². The Morgan fingerprint density at radius 1 is 0.905 bits per heavy atom. The average molecular weight is 304 g/mol. The molecule has 6 heteroatoms. The maximum atomic E-state index is 11.8. The van der Waals surface area contributed by atoms with E-state index in [1.807, 2.05) is 13.8 Å². The Bertz CT molecular complexity index is 325. The summed E-state index contributed by atoms with van der Waals surface area (Å²) in [5, 5.41) is 0. The summed E-state index contributed by atoms with van der Waals surface area (Å²) in [5.41, 5.74) is 0. The van der Waals surface area contributed by atoms with Crippen molar-refractivity contribution in [2.45, 2.75) is 79.2 Å². The molecule has 0 aromatic heterocycles. The summed E-state index contributed by atoms with van der Waals surface area (Å²) < 4.78 is 22.1. The van der Waals surface area contributed by atoms with Crippen LogP contribution in [-0.4, -0.2) is 42.6 Å². The Kier molecular flexibility index (Phi) is 8.70. The Hall–Kier alpha value is -0.980. The molecule has 0 aliphatic heterocycles. The van der Waals surface area contributed by atoms with E-state index in [2.05, 4.69) is 0 Å². The molecule has 0 rings (SSSR count). The van der Waals surface area contributed by atoms with Crippen molar-refractivity contribution in [1.29, 1.82) is 0 Å². The van der Waals surface area contributed by atoms with Crippen LogP contribution < -0.4 is 0 Å². The smallest absolute Gasteiger partial charge is 0.354 e. The lowest BCUT2D eigenvalue weighted by molar-refractivity contribution is -0.398. The van der Waals surface area contributed by atoms with Gasteiger partial charge < -0.3 is 18.9 Å². The van der Waals surface area contributed by atoms with E-state index in [4.69, 9.17) is 18.9 Å². The molecule has 0 unspecified atom stereocenters. The lowest BCUT2D eigenvalue weighted by Crippen LogP contribution is -2.49. The summed E-state index contributed by atoms with van der Waals surface area (Å²) in [6, 6.07) is 0. The van der Waals surface area contributed by atoms with Crippen molar-refractivity contribution in [2.75, 3.05) is 6.61 Å². The summed E-state index contributed by atoms with van der Waals surface area (Å²) >= 11 is 0. The van der Waals surface area contributed by atoms with Crippen LogP contribution in [0.2, 0.25) is 0 Å². The quantitative estimate of drug-likeness (QED) is 0.351. The van der Waals surface area contributed by atoms with Gasteiger partial charge in [-0.05, 0) is 48.5 Å². The molecule has 0 aromatic carbocycles. The summed E-state index contributed by atoms with van der Waals surface area (Å²) in [4.78, 5) is 22.9. The highest BCUT2D eigenvalue weighted by molar-refractivity contribution is 5.94. The van der Waals surface area contributed by atoms with Gasteiger partial charge in [0.1, 0.15) is 18.8 Å². The van der Waals surface area contributed by atoms with Crippen LogP contribution in [0.3, 0.4) is 0 Å². The van der Waals surface area contributed by atoms with Gasteiger partial charge in [0.25, 0.3) is 0 Å². The third-order valence-corrected chi connectivity index (χ3v) is 2.09. The average Bonchev–Trinajstić information content (AvgIpc) is 2.22. The molecule has 0 saturated carbocycles. The standard InChI is InChI=1S/C15H28O6/c1-10(2)18-9-15(19-11(3)4,20-12(5)6)21-14(17)8-13(7)16/h10-12H,8-9H2,1-7H3. The molecule has 0 fully saturated rings. The monoisotopic (exact) mass is 304 g/mol. The molecule has 0 amide bonds. The van der Waals surface area contributed by atoms with Crippen molar-refractivity contribution in [1.82, 2.24) is 0 Å². The molecule has 0 spiro atoms. The number of Topliss-reactive ketones (excluding diaryl/α,β-unsaturated/α-hetero) is 1. The molecule has 21 heavy (non-hydrogen) atoms. The van der Waals surface area contributed by atoms with E-state index in [0.29, 0.717) is 0 Å². The number of carbonyl (C=O) groups excluding carboxylic acids is 2. The first-order chi connectivity index (χ1) is 9.56. The van der Waals surface area contributed by atoms with Crippen molar-refractivity contribution in [2.24, 2.45) is 0 Å². The van der Waals surface area contributed by atoms with E-state index in [9.17, 15) is 9.59 Å². The predicted octanol–water partition coefficient (Wildman–Crippen LogP) is 2.44. The van der Waals surface area contributed by atoms with Gasteiger partial charge in [0.2, 0.25) is 0 Å². The molecule has 124 valence electrons. The maximum Gasteiger partial charge on any atom is 0.354 e. The Morgan fingerprint density at radius 2 is 1.38 bits per heavy atom. The van der Waals surface area contributed by atoms with Gasteiger partial charge in [0, 0.05) is 0 Å². The number of esters is 1. The third kappa shape index (κ3) is 9.55. The van der Waals surface area contributed by atoms with Crippen molar-refractivity contribution >= 4 is 11.8 Å². The van der Waals surface area contributed by atoms with Crippen LogP contribution in [0, 0.1) is 0 Å². The number of hydrogen-bond acceptors (Lipinski definition) is 6. The zero-order valence-electron chi connectivity index (χ0n) is 14.1. The zero-order valence-corrected chi connectivity index (χ0v) is 14.1. The molecule has 0 heterocycles. The molecule has 0 aliphatic carbocycles. The highest BCUT2D eigenvalue weighted by Gasteiger charge is 2.40. The second kappa shape index (κ2) is 9.12. The van der Waals surface area contributed by atoms with Crippen LogP contribution in [0.1, 0.15) is 54.9 Å². The summed E-state index contributed by atoms with van der Waals surface area (Å²) in [7, 11) is 0. The fourth-order valence-corrected chi connectivity index (χ4v) is 1.57. The van der Waals surface area contributed by atoms with E-state index in [1.54, 1.807) is 27.7 Å². The number of carbonyl (C=O) groups is 2. The van der Waals surface area contributed by atoms with Gasteiger partial charge in [-0.1, -0.05) is 0 Å². The van der Waals surface area contributed by atoms with Crippen LogP contribution in [0.25, 0.3) is 0 Å². The largest absolute Gasteiger partial charge is 0.405 e. The minimum absolute atomic E-state index is 0.0648. The number of ketones is 1. The van der Waals surface area contributed by atoms with Crippen molar-refractivity contribution < 1.29 is 28.5 Å². The third-order valence-electron chi connectivity index (χ3n) is 2.09. The van der Waals surface area contributed by atoms with Crippen molar-refractivity contribution in [3.63, 3.8) is 0 Å². The molecule has 0 N–H and O–H groups in total. The van der Waals surface area contributed by atoms with Gasteiger partial charge >= 0.3 is 11.9 Å². The summed E-state index contributed by atoms with van der Waals surface area (Å²) in [6.07, 6.45) is -0.900. The molecular weight excluding hydrogens is 276 g/mol. The second-order valence-corrected chi connectivity index (χ2v) is 5.73. The van der Waals surface area contributed by atoms with Gasteiger partial charge in [-0.3, -0.25) is 9.59 Å². The predicted molar refractivity (Wildman–Crippen MR) is 77.7 cm³/mol. The Morgan fingerprint density at radius 3 is 1.71 bits per heavy atom. The zero-order chi connectivity index (χ0) is 16.6. The Balaban J connectivity index is 5.12. The molecular formula is C15H28O6. The lowest BCUT2D eigenvalue weighted by atomic mass is 10.3. The molecule has 0 aliphatic rings. The first kappa shape index (κ1) is 20.0. The van der Waals surface area contributed by atoms with Crippen LogP contribution >= 0.6 is 0 Å². The molecule has 0 saturated heterocycles. The van der Waals surface area contributed by atoms with Gasteiger partial charge in [-0.25, -0.2) is 0 Å².